The number of carbonyl (C=O) groups excluding carboxylic acids is 1. The molecule has 11 nitrogen and oxygen atoms in total. The third-order valence-electron chi connectivity index (χ3n) is 4.15. The lowest BCUT2D eigenvalue weighted by Gasteiger charge is -2.20. The number of hydrogen-bond acceptors (Lipinski definition) is 6. The lowest BCUT2D eigenvalue weighted by molar-refractivity contribution is -0.121. The summed E-state index contributed by atoms with van der Waals surface area (Å²) < 4.78 is 28.4. The number of amides is 1. The summed E-state index contributed by atoms with van der Waals surface area (Å²) in [6, 6.07) is 7.96. The van der Waals surface area contributed by atoms with Gasteiger partial charge in [-0.3, -0.25) is 18.9 Å². The lowest BCUT2D eigenvalue weighted by Crippen LogP contribution is -2.37. The monoisotopic (exact) mass is 470 g/mol. The Morgan fingerprint density at radius 3 is 2.42 bits per heavy atom. The SMILES string of the molecule is Cc1ccc(NS(=O)(=O)Cc2ccc(Cl)cc2)c(=O)n1C(CCON=C(N)N)C(N)=O. The normalized spacial score (nSPS) is 12.1. The van der Waals surface area contributed by atoms with Crippen LogP contribution in [0, 0.1) is 6.92 Å². The molecule has 31 heavy (non-hydrogen) atoms. The number of benzene rings is 1. The van der Waals surface area contributed by atoms with E-state index in [0.29, 0.717) is 16.3 Å². The first-order chi connectivity index (χ1) is 14.5. The largest absolute Gasteiger partial charge is 0.393 e. The number of halogens is 1. The van der Waals surface area contributed by atoms with E-state index in [4.69, 9.17) is 33.6 Å². The zero-order chi connectivity index (χ0) is 23.2. The van der Waals surface area contributed by atoms with Crippen LogP contribution >= 0.6 is 11.6 Å². The molecule has 0 aliphatic carbocycles. The van der Waals surface area contributed by atoms with Gasteiger partial charge in [0.05, 0.1) is 5.75 Å². The van der Waals surface area contributed by atoms with Crippen molar-refractivity contribution in [2.75, 3.05) is 11.3 Å². The second kappa shape index (κ2) is 10.2. The van der Waals surface area contributed by atoms with E-state index in [1.54, 1.807) is 31.2 Å². The van der Waals surface area contributed by atoms with Crippen LogP contribution in [0.5, 0.6) is 0 Å². The lowest BCUT2D eigenvalue weighted by atomic mass is 10.1. The molecule has 2 aromatic rings. The van der Waals surface area contributed by atoms with Gasteiger partial charge >= 0.3 is 0 Å². The summed E-state index contributed by atoms with van der Waals surface area (Å²) >= 11 is 5.81. The maximum Gasteiger partial charge on any atom is 0.275 e. The van der Waals surface area contributed by atoms with Crippen LogP contribution in [-0.2, 0) is 25.4 Å². The van der Waals surface area contributed by atoms with E-state index in [2.05, 4.69) is 9.88 Å². The topological polar surface area (TPSA) is 185 Å². The minimum atomic E-state index is -3.92. The number of nitrogens with two attached hydrogens (primary N) is 3. The highest BCUT2D eigenvalue weighted by atomic mass is 35.5. The highest BCUT2D eigenvalue weighted by Crippen LogP contribution is 2.17. The van der Waals surface area contributed by atoms with Crippen molar-refractivity contribution in [3.05, 3.63) is 63.0 Å². The Morgan fingerprint density at radius 2 is 1.84 bits per heavy atom. The molecule has 0 saturated carbocycles. The first kappa shape index (κ1) is 24.0. The summed E-state index contributed by atoms with van der Waals surface area (Å²) in [5, 5.41) is 3.81. The van der Waals surface area contributed by atoms with Crippen molar-refractivity contribution in [1.29, 1.82) is 0 Å². The molecule has 1 unspecified atom stereocenters. The number of aryl methyl sites for hydroxylation is 1. The van der Waals surface area contributed by atoms with Crippen molar-refractivity contribution in [1.82, 2.24) is 4.57 Å². The van der Waals surface area contributed by atoms with Crippen molar-refractivity contribution in [3.8, 4) is 0 Å². The van der Waals surface area contributed by atoms with Gasteiger partial charge in [0.2, 0.25) is 21.9 Å². The van der Waals surface area contributed by atoms with Gasteiger partial charge in [-0.25, -0.2) is 8.42 Å². The molecule has 1 heterocycles. The van der Waals surface area contributed by atoms with Crippen LogP contribution in [0.15, 0.2) is 46.3 Å². The van der Waals surface area contributed by atoms with E-state index in [0.717, 1.165) is 4.57 Å². The third kappa shape index (κ3) is 6.89. The van der Waals surface area contributed by atoms with Crippen LogP contribution in [0.1, 0.15) is 23.7 Å². The maximum atomic E-state index is 13.0. The Hall–Kier alpha value is -3.25. The molecule has 0 bridgehead atoms. The summed E-state index contributed by atoms with van der Waals surface area (Å²) in [5.41, 5.74) is 15.7. The molecule has 0 saturated heterocycles. The Bertz CT molecular complexity index is 1130. The van der Waals surface area contributed by atoms with Crippen molar-refractivity contribution in [2.24, 2.45) is 22.4 Å². The minimum Gasteiger partial charge on any atom is -0.393 e. The number of oxime groups is 1. The first-order valence-corrected chi connectivity index (χ1v) is 11.0. The zero-order valence-corrected chi connectivity index (χ0v) is 18.2. The second-order valence-electron chi connectivity index (χ2n) is 6.61. The standard InChI is InChI=1S/C18H23ClN6O5S/c1-11-2-7-14(24-31(28,29)10-12-3-5-13(19)6-4-12)17(27)25(11)15(16(20)26)8-9-30-23-18(21)22/h2-7,15,24H,8-10H2,1H3,(H2,20,26)(H4,21,22,23). The van der Waals surface area contributed by atoms with Gasteiger partial charge in [0.15, 0.2) is 0 Å². The Kier molecular flexibility index (Phi) is 7.89. The third-order valence-corrected chi connectivity index (χ3v) is 5.64. The highest BCUT2D eigenvalue weighted by Gasteiger charge is 2.23. The molecule has 2 rings (SSSR count). The molecule has 0 aliphatic rings. The number of sulfonamides is 1. The van der Waals surface area contributed by atoms with Gasteiger partial charge in [0, 0.05) is 17.1 Å². The number of nitrogens with one attached hydrogen (secondary N) is 1. The van der Waals surface area contributed by atoms with E-state index in [-0.39, 0.29) is 30.4 Å². The first-order valence-electron chi connectivity index (χ1n) is 8.97. The van der Waals surface area contributed by atoms with Gasteiger partial charge in [-0.2, -0.15) is 0 Å². The summed E-state index contributed by atoms with van der Waals surface area (Å²) in [4.78, 5) is 29.8. The summed E-state index contributed by atoms with van der Waals surface area (Å²) in [6.07, 6.45) is -0.0200. The molecule has 1 aromatic heterocycles. The molecule has 1 atom stereocenters. The number of hydrogen-bond donors (Lipinski definition) is 4. The fraction of sp³-hybridized carbons (Fsp3) is 0.278. The number of primary amides is 1. The van der Waals surface area contributed by atoms with Gasteiger partial charge < -0.3 is 22.0 Å². The van der Waals surface area contributed by atoms with E-state index < -0.39 is 27.5 Å². The van der Waals surface area contributed by atoms with E-state index >= 15 is 0 Å². The summed E-state index contributed by atoms with van der Waals surface area (Å²) in [5.74, 6) is -1.48. The van der Waals surface area contributed by atoms with Crippen LogP contribution in [-0.4, -0.2) is 31.5 Å². The van der Waals surface area contributed by atoms with Crippen molar-refractivity contribution >= 4 is 39.2 Å². The number of aromatic nitrogens is 1. The number of pyridine rings is 1. The Balaban J connectivity index is 2.29. The molecule has 0 fully saturated rings. The Morgan fingerprint density at radius 1 is 1.19 bits per heavy atom. The average molecular weight is 471 g/mol. The van der Waals surface area contributed by atoms with Gasteiger partial charge in [0.1, 0.15) is 18.3 Å². The molecule has 0 radical (unpaired) electrons. The fourth-order valence-corrected chi connectivity index (χ4v) is 4.12. The van der Waals surface area contributed by atoms with Gasteiger partial charge in [-0.05, 0) is 41.9 Å². The van der Waals surface area contributed by atoms with Crippen LogP contribution in [0.4, 0.5) is 5.69 Å². The maximum absolute atomic E-state index is 13.0. The number of guanidine groups is 1. The second-order valence-corrected chi connectivity index (χ2v) is 8.77. The predicted molar refractivity (Wildman–Crippen MR) is 118 cm³/mol. The molecule has 0 spiro atoms. The van der Waals surface area contributed by atoms with E-state index in [1.165, 1.54) is 12.1 Å². The predicted octanol–water partition coefficient (Wildman–Crippen LogP) is 0.374. The summed E-state index contributed by atoms with van der Waals surface area (Å²) in [6.45, 7) is 1.48. The molecule has 13 heteroatoms. The fourth-order valence-electron chi connectivity index (χ4n) is 2.80. The number of carbonyl (C=O) groups is 1. The smallest absolute Gasteiger partial charge is 0.275 e. The number of rotatable bonds is 10. The van der Waals surface area contributed by atoms with Crippen LogP contribution < -0.4 is 27.5 Å². The number of nitrogens with zero attached hydrogens (tertiary/aromatic N) is 2. The zero-order valence-electron chi connectivity index (χ0n) is 16.6. The Labute approximate surface area is 183 Å². The van der Waals surface area contributed by atoms with Crippen LogP contribution in [0.2, 0.25) is 5.02 Å². The van der Waals surface area contributed by atoms with E-state index in [1.807, 2.05) is 0 Å². The summed E-state index contributed by atoms with van der Waals surface area (Å²) in [7, 11) is -3.92. The van der Waals surface area contributed by atoms with E-state index in [9.17, 15) is 18.0 Å². The highest BCUT2D eigenvalue weighted by molar-refractivity contribution is 7.91. The average Bonchev–Trinajstić information content (AvgIpc) is 2.67. The van der Waals surface area contributed by atoms with Crippen LogP contribution in [0.3, 0.4) is 0 Å². The van der Waals surface area contributed by atoms with Gasteiger partial charge in [0.25, 0.3) is 5.56 Å². The van der Waals surface area contributed by atoms with Crippen molar-refractivity contribution in [3.63, 3.8) is 0 Å². The van der Waals surface area contributed by atoms with Crippen molar-refractivity contribution < 1.29 is 18.0 Å². The number of anilines is 1. The minimum absolute atomic E-state index is 0.0200. The molecule has 0 aliphatic heterocycles. The molecular weight excluding hydrogens is 448 g/mol. The molecule has 1 aromatic carbocycles. The molecule has 168 valence electrons. The quantitative estimate of drug-likeness (QED) is 0.167. The molecular formula is C18H23ClN6O5S. The van der Waals surface area contributed by atoms with Gasteiger partial charge in [-0.15, -0.1) is 0 Å². The van der Waals surface area contributed by atoms with Crippen LogP contribution in [0.25, 0.3) is 0 Å². The van der Waals surface area contributed by atoms with Gasteiger partial charge in [-0.1, -0.05) is 23.7 Å². The van der Waals surface area contributed by atoms with Crippen molar-refractivity contribution in [2.45, 2.75) is 25.1 Å². The molecule has 1 amide bonds. The molecule has 7 N–H and O–H groups in total.